The molecular weight excluding hydrogens is 452 g/mol. The van der Waals surface area contributed by atoms with E-state index < -0.39 is 10.1 Å². The molecule has 1 rings (SSSR count). The second-order valence-corrected chi connectivity index (χ2v) is 11.4. The second-order valence-electron chi connectivity index (χ2n) is 9.81. The van der Waals surface area contributed by atoms with E-state index in [1.807, 2.05) is 24.3 Å². The topological polar surface area (TPSA) is 43.4 Å². The average Bonchev–Trinajstić information content (AvgIpc) is 2.85. The lowest BCUT2D eigenvalue weighted by molar-refractivity contribution is 0.338. The van der Waals surface area contributed by atoms with Crippen LogP contribution in [0, 0.1) is 0 Å². The van der Waals surface area contributed by atoms with Crippen LogP contribution in [0.1, 0.15) is 134 Å². The van der Waals surface area contributed by atoms with Crippen LogP contribution in [-0.2, 0) is 14.3 Å². The highest BCUT2D eigenvalue weighted by Crippen LogP contribution is 2.30. The summed E-state index contributed by atoms with van der Waals surface area (Å²) < 4.78 is 29.3. The fourth-order valence-corrected chi connectivity index (χ4v) is 5.65. The molecule has 0 bridgehead atoms. The lowest BCUT2D eigenvalue weighted by Gasteiger charge is -2.18. The molecule has 0 saturated carbocycles. The normalized spacial score (nSPS) is 11.7. The molecule has 200 valence electrons. The van der Waals surface area contributed by atoms with Gasteiger partial charge in [0.15, 0.2) is 0 Å². The highest BCUT2D eigenvalue weighted by atomic mass is 32.2. The minimum absolute atomic E-state index is 0.162. The third-order valence-electron chi connectivity index (χ3n) is 6.83. The van der Waals surface area contributed by atoms with Gasteiger partial charge in [-0.15, -0.1) is 13.2 Å². The van der Waals surface area contributed by atoms with E-state index >= 15 is 0 Å². The van der Waals surface area contributed by atoms with E-state index in [0.29, 0.717) is 5.92 Å². The molecule has 35 heavy (non-hydrogen) atoms. The van der Waals surface area contributed by atoms with Crippen molar-refractivity contribution in [2.45, 2.75) is 133 Å². The fourth-order valence-electron chi connectivity index (χ4n) is 4.73. The summed E-state index contributed by atoms with van der Waals surface area (Å²) >= 11 is 0. The number of benzene rings is 1. The third-order valence-corrected chi connectivity index (χ3v) is 8.23. The van der Waals surface area contributed by atoms with Gasteiger partial charge < -0.3 is 0 Å². The summed E-state index contributed by atoms with van der Waals surface area (Å²) in [7, 11) is -3.64. The first-order valence-electron chi connectivity index (χ1n) is 14.3. The molecule has 0 saturated heterocycles. The molecule has 0 fully saturated rings. The molecule has 0 atom stereocenters. The van der Waals surface area contributed by atoms with E-state index in [2.05, 4.69) is 13.2 Å². The molecule has 0 amide bonds. The molecule has 1 aromatic rings. The van der Waals surface area contributed by atoms with Crippen molar-refractivity contribution in [3.63, 3.8) is 0 Å². The lowest BCUT2D eigenvalue weighted by Crippen LogP contribution is -2.06. The second kappa shape index (κ2) is 20.8. The molecule has 0 aliphatic rings. The Morgan fingerprint density at radius 2 is 1.09 bits per heavy atom. The molecule has 4 heteroatoms. The van der Waals surface area contributed by atoms with Crippen LogP contribution in [0.2, 0.25) is 0 Å². The first-order valence-corrected chi connectivity index (χ1v) is 15.7. The average molecular weight is 505 g/mol. The Kier molecular flexibility index (Phi) is 18.8. The zero-order valence-electron chi connectivity index (χ0n) is 22.5. The summed E-state index contributed by atoms with van der Waals surface area (Å²) in [5, 5.41) is 0. The standard InChI is InChI=1S/C31H52O3S/c1-4-7-9-11-13-15-17-19-21-23-29(24-22-20-18-16-14-12-10-8-5-2)30-25-27-31(28-26-30)35(32,33)34-6-3/h4-5,25-29H,1-2,6-24H2,3H3. The zero-order valence-corrected chi connectivity index (χ0v) is 23.3. The highest BCUT2D eigenvalue weighted by Gasteiger charge is 2.16. The predicted molar refractivity (Wildman–Crippen MR) is 151 cm³/mol. The van der Waals surface area contributed by atoms with Crippen molar-refractivity contribution < 1.29 is 12.6 Å². The molecule has 0 unspecified atom stereocenters. The van der Waals surface area contributed by atoms with Crippen LogP contribution in [0.15, 0.2) is 54.5 Å². The Balaban J connectivity index is 2.49. The van der Waals surface area contributed by atoms with Gasteiger partial charge in [0.25, 0.3) is 10.1 Å². The fraction of sp³-hybridized carbons (Fsp3) is 0.677. The van der Waals surface area contributed by atoms with Gasteiger partial charge in [-0.25, -0.2) is 0 Å². The van der Waals surface area contributed by atoms with Gasteiger partial charge in [0.1, 0.15) is 0 Å². The van der Waals surface area contributed by atoms with Crippen LogP contribution >= 0.6 is 0 Å². The molecule has 0 radical (unpaired) electrons. The minimum Gasteiger partial charge on any atom is -0.267 e. The third kappa shape index (κ3) is 15.4. The number of rotatable bonds is 24. The lowest BCUT2D eigenvalue weighted by atomic mass is 9.88. The maximum absolute atomic E-state index is 12.2. The molecule has 0 aliphatic heterocycles. The van der Waals surface area contributed by atoms with Crippen molar-refractivity contribution in [3.05, 3.63) is 55.1 Å². The molecule has 1 aromatic carbocycles. The van der Waals surface area contributed by atoms with Crippen molar-refractivity contribution in [3.8, 4) is 0 Å². The van der Waals surface area contributed by atoms with Gasteiger partial charge >= 0.3 is 0 Å². The Morgan fingerprint density at radius 1 is 0.686 bits per heavy atom. The van der Waals surface area contributed by atoms with Gasteiger partial charge in [0, 0.05) is 0 Å². The summed E-state index contributed by atoms with van der Waals surface area (Å²) in [5.41, 5.74) is 1.27. The van der Waals surface area contributed by atoms with E-state index in [-0.39, 0.29) is 11.5 Å². The smallest absolute Gasteiger partial charge is 0.267 e. The summed E-state index contributed by atoms with van der Waals surface area (Å²) in [6.07, 6.45) is 26.9. The number of allylic oxidation sites excluding steroid dienone is 2. The zero-order chi connectivity index (χ0) is 25.6. The largest absolute Gasteiger partial charge is 0.296 e. The van der Waals surface area contributed by atoms with Crippen molar-refractivity contribution in [1.29, 1.82) is 0 Å². The van der Waals surface area contributed by atoms with Gasteiger partial charge in [-0.2, -0.15) is 8.42 Å². The van der Waals surface area contributed by atoms with Crippen molar-refractivity contribution in [1.82, 2.24) is 0 Å². The van der Waals surface area contributed by atoms with Gasteiger partial charge in [-0.05, 0) is 69.1 Å². The summed E-state index contributed by atoms with van der Waals surface area (Å²) in [6, 6.07) is 7.46. The minimum atomic E-state index is -3.64. The molecular formula is C31H52O3S. The highest BCUT2D eigenvalue weighted by molar-refractivity contribution is 7.86. The monoisotopic (exact) mass is 504 g/mol. The molecule has 0 heterocycles. The SMILES string of the molecule is C=CCCCCCCCCCC(CCCCCCCCCC=C)c1ccc(S(=O)(=O)OCC)cc1. The Hall–Kier alpha value is -1.39. The van der Waals surface area contributed by atoms with Crippen LogP contribution in [0.25, 0.3) is 0 Å². The predicted octanol–water partition coefficient (Wildman–Crippen LogP) is 9.89. The van der Waals surface area contributed by atoms with E-state index in [4.69, 9.17) is 4.18 Å². The first-order chi connectivity index (χ1) is 17.0. The van der Waals surface area contributed by atoms with Crippen molar-refractivity contribution in [2.24, 2.45) is 0 Å². The van der Waals surface area contributed by atoms with Crippen LogP contribution in [-0.4, -0.2) is 15.0 Å². The summed E-state index contributed by atoms with van der Waals surface area (Å²) in [5.74, 6) is 0.513. The molecule has 0 N–H and O–H groups in total. The Bertz CT molecular complexity index is 726. The van der Waals surface area contributed by atoms with Crippen LogP contribution in [0.4, 0.5) is 0 Å². The quantitative estimate of drug-likeness (QED) is 0.0799. The van der Waals surface area contributed by atoms with Gasteiger partial charge in [0.05, 0.1) is 11.5 Å². The maximum atomic E-state index is 12.2. The summed E-state index contributed by atoms with van der Waals surface area (Å²) in [4.78, 5) is 0.259. The van der Waals surface area contributed by atoms with Gasteiger partial charge in [-0.1, -0.05) is 101 Å². The van der Waals surface area contributed by atoms with Crippen LogP contribution < -0.4 is 0 Å². The van der Waals surface area contributed by atoms with E-state index in [1.54, 1.807) is 19.1 Å². The Morgan fingerprint density at radius 3 is 1.49 bits per heavy atom. The van der Waals surface area contributed by atoms with E-state index in [1.165, 1.54) is 108 Å². The van der Waals surface area contributed by atoms with Gasteiger partial charge in [-0.3, -0.25) is 4.18 Å². The number of hydrogen-bond donors (Lipinski definition) is 0. The summed E-state index contributed by atoms with van der Waals surface area (Å²) in [6.45, 7) is 9.45. The van der Waals surface area contributed by atoms with E-state index in [0.717, 1.165) is 12.8 Å². The Labute approximate surface area is 217 Å². The molecule has 3 nitrogen and oxygen atoms in total. The molecule has 0 aliphatic carbocycles. The maximum Gasteiger partial charge on any atom is 0.296 e. The van der Waals surface area contributed by atoms with Crippen molar-refractivity contribution >= 4 is 10.1 Å². The van der Waals surface area contributed by atoms with Crippen LogP contribution in [0.3, 0.4) is 0 Å². The van der Waals surface area contributed by atoms with Gasteiger partial charge in [0.2, 0.25) is 0 Å². The molecule has 0 aromatic heterocycles. The van der Waals surface area contributed by atoms with E-state index in [9.17, 15) is 8.42 Å². The number of unbranched alkanes of at least 4 members (excludes halogenated alkanes) is 14. The first kappa shape index (κ1) is 31.6. The van der Waals surface area contributed by atoms with Crippen LogP contribution in [0.5, 0.6) is 0 Å². The molecule has 0 spiro atoms. The number of hydrogen-bond acceptors (Lipinski definition) is 3. The van der Waals surface area contributed by atoms with Crippen molar-refractivity contribution in [2.75, 3.05) is 6.61 Å².